The Morgan fingerprint density at radius 3 is 2.30 bits per heavy atom. The van der Waals surface area contributed by atoms with Crippen LogP contribution in [0.5, 0.6) is 0 Å². The molecule has 2 atom stereocenters. The van der Waals surface area contributed by atoms with E-state index in [9.17, 15) is 14.4 Å². The number of hydrogen-bond donors (Lipinski definition) is 3. The smallest absolute Gasteiger partial charge is 0.337 e. The first kappa shape index (κ1) is 14.0. The predicted molar refractivity (Wildman–Crippen MR) is 70.5 cm³/mol. The Morgan fingerprint density at radius 2 is 1.70 bits per heavy atom. The largest absolute Gasteiger partial charge is 0.481 e. The van der Waals surface area contributed by atoms with Crippen molar-refractivity contribution in [1.82, 2.24) is 0 Å². The Hall–Kier alpha value is -2.37. The van der Waals surface area contributed by atoms with Gasteiger partial charge in [-0.1, -0.05) is 12.1 Å². The van der Waals surface area contributed by atoms with Gasteiger partial charge in [0.15, 0.2) is 0 Å². The maximum absolute atomic E-state index is 12.1. The van der Waals surface area contributed by atoms with E-state index < -0.39 is 17.9 Å². The molecule has 0 saturated heterocycles. The number of carbonyl (C=O) groups is 3. The second kappa shape index (κ2) is 5.73. The molecule has 2 rings (SSSR count). The van der Waals surface area contributed by atoms with Crippen molar-refractivity contribution in [2.45, 2.75) is 19.3 Å². The zero-order valence-electron chi connectivity index (χ0n) is 10.7. The molecule has 20 heavy (non-hydrogen) atoms. The highest BCUT2D eigenvalue weighted by molar-refractivity contribution is 6.01. The molecule has 0 aromatic heterocycles. The van der Waals surface area contributed by atoms with Crippen molar-refractivity contribution in [3.8, 4) is 0 Å². The third-order valence-electron chi connectivity index (χ3n) is 3.57. The summed E-state index contributed by atoms with van der Waals surface area (Å²) in [5.74, 6) is -3.18. The van der Waals surface area contributed by atoms with E-state index in [2.05, 4.69) is 5.32 Å². The Bertz CT molecular complexity index is 554. The SMILES string of the molecule is O=C(O)c1ccccc1NC(=O)C1CCC(C(=O)O)C1. The molecular formula is C14H15NO5. The van der Waals surface area contributed by atoms with E-state index in [1.165, 1.54) is 12.1 Å². The standard InChI is InChI=1S/C14H15NO5/c16-12(8-5-6-9(7-8)13(17)18)15-11-4-2-1-3-10(11)14(19)20/h1-4,8-9H,5-7H2,(H,15,16)(H,17,18)(H,19,20). The average molecular weight is 277 g/mol. The predicted octanol–water partition coefficient (Wildman–Crippen LogP) is 1.82. The minimum Gasteiger partial charge on any atom is -0.481 e. The molecule has 0 radical (unpaired) electrons. The van der Waals surface area contributed by atoms with E-state index in [0.29, 0.717) is 19.3 Å². The number of carboxylic acids is 2. The zero-order chi connectivity index (χ0) is 14.7. The normalized spacial score (nSPS) is 21.4. The second-order valence-corrected chi connectivity index (χ2v) is 4.89. The number of aromatic carboxylic acids is 1. The number of carboxylic acid groups (broad SMARTS) is 2. The molecule has 3 N–H and O–H groups in total. The van der Waals surface area contributed by atoms with Crippen LogP contribution in [0.3, 0.4) is 0 Å². The molecule has 0 bridgehead atoms. The van der Waals surface area contributed by atoms with Gasteiger partial charge < -0.3 is 15.5 Å². The summed E-state index contributed by atoms with van der Waals surface area (Å²) < 4.78 is 0. The quantitative estimate of drug-likeness (QED) is 0.778. The number of amides is 1. The molecule has 0 heterocycles. The maximum Gasteiger partial charge on any atom is 0.337 e. The van der Waals surface area contributed by atoms with Gasteiger partial charge in [0.05, 0.1) is 17.2 Å². The molecule has 1 aliphatic carbocycles. The van der Waals surface area contributed by atoms with Crippen molar-refractivity contribution in [3.05, 3.63) is 29.8 Å². The van der Waals surface area contributed by atoms with Crippen molar-refractivity contribution in [2.75, 3.05) is 5.32 Å². The first-order chi connectivity index (χ1) is 9.49. The van der Waals surface area contributed by atoms with Gasteiger partial charge in [-0.05, 0) is 31.4 Å². The van der Waals surface area contributed by atoms with Crippen LogP contribution < -0.4 is 5.32 Å². The number of nitrogens with one attached hydrogen (secondary N) is 1. The lowest BCUT2D eigenvalue weighted by Crippen LogP contribution is -2.22. The zero-order valence-corrected chi connectivity index (χ0v) is 10.7. The van der Waals surface area contributed by atoms with Crippen LogP contribution in [-0.2, 0) is 9.59 Å². The summed E-state index contributed by atoms with van der Waals surface area (Å²) in [5.41, 5.74) is 0.261. The fraction of sp³-hybridized carbons (Fsp3) is 0.357. The molecule has 0 spiro atoms. The van der Waals surface area contributed by atoms with Gasteiger partial charge in [-0.2, -0.15) is 0 Å². The minimum absolute atomic E-state index is 0.0219. The van der Waals surface area contributed by atoms with Gasteiger partial charge in [0.25, 0.3) is 0 Å². The van der Waals surface area contributed by atoms with E-state index in [-0.39, 0.29) is 23.1 Å². The lowest BCUT2D eigenvalue weighted by Gasteiger charge is -2.12. The Labute approximate surface area is 115 Å². The van der Waals surface area contributed by atoms with E-state index >= 15 is 0 Å². The monoisotopic (exact) mass is 277 g/mol. The first-order valence-corrected chi connectivity index (χ1v) is 6.35. The van der Waals surface area contributed by atoms with Crippen LogP contribution in [0.4, 0.5) is 5.69 Å². The Kier molecular flexibility index (Phi) is 4.02. The number of aliphatic carboxylic acids is 1. The number of anilines is 1. The lowest BCUT2D eigenvalue weighted by atomic mass is 10.0. The fourth-order valence-electron chi connectivity index (χ4n) is 2.46. The summed E-state index contributed by atoms with van der Waals surface area (Å²) in [5, 5.41) is 20.5. The summed E-state index contributed by atoms with van der Waals surface area (Å²) >= 11 is 0. The van der Waals surface area contributed by atoms with Crippen LogP contribution in [-0.4, -0.2) is 28.1 Å². The van der Waals surface area contributed by atoms with Gasteiger partial charge in [-0.15, -0.1) is 0 Å². The van der Waals surface area contributed by atoms with Crippen LogP contribution in [0.2, 0.25) is 0 Å². The van der Waals surface area contributed by atoms with Gasteiger partial charge in [0.1, 0.15) is 0 Å². The van der Waals surface area contributed by atoms with Crippen molar-refractivity contribution in [2.24, 2.45) is 11.8 Å². The highest BCUT2D eigenvalue weighted by atomic mass is 16.4. The molecule has 106 valence electrons. The van der Waals surface area contributed by atoms with Crippen LogP contribution in [0, 0.1) is 11.8 Å². The average Bonchev–Trinajstić information content (AvgIpc) is 2.89. The molecule has 1 saturated carbocycles. The van der Waals surface area contributed by atoms with E-state index in [1.54, 1.807) is 12.1 Å². The second-order valence-electron chi connectivity index (χ2n) is 4.89. The summed E-state index contributed by atoms with van der Waals surface area (Å²) in [6.45, 7) is 0. The van der Waals surface area contributed by atoms with Crippen LogP contribution in [0.1, 0.15) is 29.6 Å². The summed E-state index contributed by atoms with van der Waals surface area (Å²) in [4.78, 5) is 34.0. The van der Waals surface area contributed by atoms with Gasteiger partial charge in [0, 0.05) is 5.92 Å². The third-order valence-corrected chi connectivity index (χ3v) is 3.57. The van der Waals surface area contributed by atoms with Crippen LogP contribution in [0.25, 0.3) is 0 Å². The molecule has 1 amide bonds. The van der Waals surface area contributed by atoms with Gasteiger partial charge in [-0.3, -0.25) is 9.59 Å². The van der Waals surface area contributed by atoms with Crippen LogP contribution in [0.15, 0.2) is 24.3 Å². The molecule has 1 aliphatic rings. The number of benzene rings is 1. The molecule has 6 nitrogen and oxygen atoms in total. The molecule has 0 aliphatic heterocycles. The van der Waals surface area contributed by atoms with Crippen molar-refractivity contribution in [1.29, 1.82) is 0 Å². The highest BCUT2D eigenvalue weighted by Gasteiger charge is 2.34. The fourth-order valence-corrected chi connectivity index (χ4v) is 2.46. The van der Waals surface area contributed by atoms with Gasteiger partial charge in [0.2, 0.25) is 5.91 Å². The topological polar surface area (TPSA) is 104 Å². The van der Waals surface area contributed by atoms with Crippen molar-refractivity contribution in [3.63, 3.8) is 0 Å². The van der Waals surface area contributed by atoms with Crippen LogP contribution >= 0.6 is 0 Å². The van der Waals surface area contributed by atoms with Gasteiger partial charge in [-0.25, -0.2) is 4.79 Å². The summed E-state index contributed by atoms with van der Waals surface area (Å²) in [6, 6.07) is 6.14. The van der Waals surface area contributed by atoms with E-state index in [0.717, 1.165) is 0 Å². The van der Waals surface area contributed by atoms with Gasteiger partial charge >= 0.3 is 11.9 Å². The lowest BCUT2D eigenvalue weighted by molar-refractivity contribution is -0.141. The molecule has 6 heteroatoms. The Morgan fingerprint density at radius 1 is 1.05 bits per heavy atom. The Balaban J connectivity index is 2.06. The highest BCUT2D eigenvalue weighted by Crippen LogP contribution is 2.32. The summed E-state index contributed by atoms with van der Waals surface area (Å²) in [7, 11) is 0. The molecular weight excluding hydrogens is 262 g/mol. The van der Waals surface area contributed by atoms with E-state index in [4.69, 9.17) is 10.2 Å². The third kappa shape index (κ3) is 2.96. The molecule has 2 unspecified atom stereocenters. The summed E-state index contributed by atoms with van der Waals surface area (Å²) in [6.07, 6.45) is 1.29. The van der Waals surface area contributed by atoms with Crippen molar-refractivity contribution < 1.29 is 24.6 Å². The first-order valence-electron chi connectivity index (χ1n) is 6.35. The molecule has 1 aromatic rings. The maximum atomic E-state index is 12.1. The minimum atomic E-state index is -1.12. The molecule has 1 fully saturated rings. The van der Waals surface area contributed by atoms with Crippen molar-refractivity contribution >= 4 is 23.5 Å². The number of carbonyl (C=O) groups excluding carboxylic acids is 1. The number of hydrogen-bond acceptors (Lipinski definition) is 3. The molecule has 1 aromatic carbocycles. The van der Waals surface area contributed by atoms with E-state index in [1.807, 2.05) is 0 Å². The number of rotatable bonds is 4. The number of para-hydroxylation sites is 1.